The summed E-state index contributed by atoms with van der Waals surface area (Å²) >= 11 is 3.38. The van der Waals surface area contributed by atoms with E-state index in [9.17, 15) is 9.59 Å². The van der Waals surface area contributed by atoms with Gasteiger partial charge in [-0.1, -0.05) is 40.2 Å². The Morgan fingerprint density at radius 2 is 1.57 bits per heavy atom. The van der Waals surface area contributed by atoms with Crippen molar-refractivity contribution < 1.29 is 9.59 Å². The fraction of sp³-hybridized carbons (Fsp3) is 0.389. The van der Waals surface area contributed by atoms with E-state index in [1.807, 2.05) is 24.3 Å². The van der Waals surface area contributed by atoms with Crippen LogP contribution in [0.25, 0.3) is 0 Å². The lowest BCUT2D eigenvalue weighted by molar-refractivity contribution is -0.140. The maximum atomic E-state index is 12.7. The second kappa shape index (κ2) is 4.63. The molecule has 1 saturated heterocycles. The van der Waals surface area contributed by atoms with Gasteiger partial charge in [0.25, 0.3) is 11.8 Å². The van der Waals surface area contributed by atoms with Crippen LogP contribution < -0.4 is 0 Å². The zero-order chi connectivity index (χ0) is 15.7. The van der Waals surface area contributed by atoms with Crippen LogP contribution in [0.15, 0.2) is 46.0 Å². The van der Waals surface area contributed by atoms with Crippen LogP contribution >= 0.6 is 15.9 Å². The van der Waals surface area contributed by atoms with Crippen molar-refractivity contribution in [1.82, 2.24) is 5.01 Å². The number of allylic oxidation sites excluding steroid dienone is 2. The van der Waals surface area contributed by atoms with Crippen molar-refractivity contribution in [2.24, 2.45) is 40.6 Å². The van der Waals surface area contributed by atoms with Crippen LogP contribution in [0, 0.1) is 35.5 Å². The number of carbonyl (C=O) groups excluding carboxylic acids is 2. The Morgan fingerprint density at radius 1 is 1.00 bits per heavy atom. The number of carbonyl (C=O) groups is 2. The van der Waals surface area contributed by atoms with Crippen molar-refractivity contribution in [3.63, 3.8) is 0 Å². The molecule has 4 aliphatic carbocycles. The normalized spacial score (nSPS) is 40.0. The third-order valence-corrected chi connectivity index (χ3v) is 6.36. The van der Waals surface area contributed by atoms with E-state index in [0.717, 1.165) is 15.0 Å². The van der Waals surface area contributed by atoms with E-state index in [4.69, 9.17) is 0 Å². The first kappa shape index (κ1) is 13.7. The number of benzene rings is 1. The van der Waals surface area contributed by atoms with Gasteiger partial charge in [0.05, 0.1) is 18.1 Å². The van der Waals surface area contributed by atoms with E-state index < -0.39 is 0 Å². The van der Waals surface area contributed by atoms with Crippen LogP contribution in [0.3, 0.4) is 0 Å². The van der Waals surface area contributed by atoms with E-state index in [1.54, 1.807) is 6.21 Å². The third kappa shape index (κ3) is 1.86. The number of nitrogens with zero attached hydrogens (tertiary/aromatic N) is 2. The molecule has 2 amide bonds. The highest BCUT2D eigenvalue weighted by molar-refractivity contribution is 9.10. The fourth-order valence-corrected chi connectivity index (χ4v) is 4.99. The zero-order valence-electron chi connectivity index (χ0n) is 12.3. The smallest absolute Gasteiger partial charge is 0.254 e. The monoisotopic (exact) mass is 370 g/mol. The zero-order valence-corrected chi connectivity index (χ0v) is 13.9. The van der Waals surface area contributed by atoms with Crippen molar-refractivity contribution in [3.05, 3.63) is 46.5 Å². The Hall–Kier alpha value is -1.75. The molecule has 23 heavy (non-hydrogen) atoms. The highest BCUT2D eigenvalue weighted by Gasteiger charge is 2.67. The molecule has 0 aromatic heterocycles. The summed E-state index contributed by atoms with van der Waals surface area (Å²) in [6.07, 6.45) is 7.12. The van der Waals surface area contributed by atoms with Gasteiger partial charge in [-0.05, 0) is 47.8 Å². The molecular weight excluding hydrogens is 356 g/mol. The average molecular weight is 371 g/mol. The number of amides is 2. The standard InChI is InChI=1S/C18H15BrN2O2/c19-10-3-1-9(2-4-10)8-20-21-17(22)15-11-5-6-12(14-7-13(11)14)16(15)18(21)23/h1-6,8,11-16H,7H2/b20-8-/t11-,12+,13+,14-,15-,16+. The van der Waals surface area contributed by atoms with Gasteiger partial charge < -0.3 is 0 Å². The number of hydrogen-bond acceptors (Lipinski definition) is 3. The molecule has 5 heteroatoms. The Bertz CT molecular complexity index is 734. The lowest BCUT2D eigenvalue weighted by Crippen LogP contribution is -2.40. The summed E-state index contributed by atoms with van der Waals surface area (Å²) in [5.74, 6) is 1.17. The Labute approximate surface area is 142 Å². The van der Waals surface area contributed by atoms with Crippen LogP contribution in [0.5, 0.6) is 0 Å². The highest BCUT2D eigenvalue weighted by Crippen LogP contribution is 2.65. The van der Waals surface area contributed by atoms with E-state index in [0.29, 0.717) is 11.8 Å². The van der Waals surface area contributed by atoms with Gasteiger partial charge in [-0.15, -0.1) is 0 Å². The first-order valence-corrected chi connectivity index (χ1v) is 8.80. The minimum Gasteiger partial charge on any atom is -0.272 e. The molecule has 1 aliphatic heterocycles. The molecule has 4 nitrogen and oxygen atoms in total. The van der Waals surface area contributed by atoms with Crippen LogP contribution in [-0.4, -0.2) is 23.0 Å². The molecule has 116 valence electrons. The van der Waals surface area contributed by atoms with E-state index in [2.05, 4.69) is 33.2 Å². The Kier molecular flexibility index (Phi) is 2.75. The van der Waals surface area contributed by atoms with Crippen LogP contribution in [0.4, 0.5) is 0 Å². The molecule has 2 saturated carbocycles. The van der Waals surface area contributed by atoms with Gasteiger partial charge in [0.1, 0.15) is 0 Å². The lowest BCUT2D eigenvalue weighted by atomic mass is 9.63. The molecule has 2 bridgehead atoms. The largest absolute Gasteiger partial charge is 0.272 e. The van der Waals surface area contributed by atoms with Crippen molar-refractivity contribution in [2.45, 2.75) is 6.42 Å². The highest BCUT2D eigenvalue weighted by atomic mass is 79.9. The predicted octanol–water partition coefficient (Wildman–Crippen LogP) is 2.84. The fourth-order valence-electron chi connectivity index (χ4n) is 4.73. The van der Waals surface area contributed by atoms with E-state index >= 15 is 0 Å². The second-order valence-corrected chi connectivity index (χ2v) is 7.85. The van der Waals surface area contributed by atoms with Crippen molar-refractivity contribution in [2.75, 3.05) is 0 Å². The SMILES string of the molecule is O=C1[C@@H]2[C@@H]3C=C[C@@H]([C@H]4C[C@@H]34)[C@@H]2C(=O)N1/N=C\c1ccc(Br)cc1. The maximum Gasteiger partial charge on any atom is 0.254 e. The average Bonchev–Trinajstić information content (AvgIpc) is 3.33. The van der Waals surface area contributed by atoms with Crippen molar-refractivity contribution in [3.8, 4) is 0 Å². The molecule has 5 aliphatic rings. The van der Waals surface area contributed by atoms with Gasteiger partial charge in [0.15, 0.2) is 0 Å². The molecule has 0 unspecified atom stereocenters. The summed E-state index contributed by atoms with van der Waals surface area (Å²) < 4.78 is 0.982. The first-order valence-electron chi connectivity index (χ1n) is 8.01. The molecule has 0 spiro atoms. The molecule has 6 rings (SSSR count). The summed E-state index contributed by atoms with van der Waals surface area (Å²) in [4.78, 5) is 25.5. The number of imide groups is 1. The van der Waals surface area contributed by atoms with Gasteiger partial charge in [-0.3, -0.25) is 9.59 Å². The van der Waals surface area contributed by atoms with Crippen LogP contribution in [0.1, 0.15) is 12.0 Å². The molecule has 3 fully saturated rings. The minimum atomic E-state index is -0.177. The van der Waals surface area contributed by atoms with Gasteiger partial charge in [0, 0.05) is 4.47 Å². The topological polar surface area (TPSA) is 49.7 Å². The molecule has 0 radical (unpaired) electrons. The molecule has 1 heterocycles. The third-order valence-electron chi connectivity index (χ3n) is 5.83. The van der Waals surface area contributed by atoms with Gasteiger partial charge in [-0.25, -0.2) is 0 Å². The van der Waals surface area contributed by atoms with E-state index in [1.165, 1.54) is 6.42 Å². The molecule has 0 N–H and O–H groups in total. The number of hydrogen-bond donors (Lipinski definition) is 0. The molecular formula is C18H15BrN2O2. The molecule has 1 aromatic rings. The Morgan fingerprint density at radius 3 is 2.13 bits per heavy atom. The quantitative estimate of drug-likeness (QED) is 0.456. The first-order chi connectivity index (χ1) is 11.1. The lowest BCUT2D eigenvalue weighted by Gasteiger charge is -2.37. The molecule has 1 aromatic carbocycles. The summed E-state index contributed by atoms with van der Waals surface area (Å²) in [6, 6.07) is 7.61. The van der Waals surface area contributed by atoms with Gasteiger partial charge >= 0.3 is 0 Å². The number of rotatable bonds is 2. The number of hydrazone groups is 1. The van der Waals surface area contributed by atoms with Gasteiger partial charge in [0.2, 0.25) is 0 Å². The predicted molar refractivity (Wildman–Crippen MR) is 88.3 cm³/mol. The second-order valence-electron chi connectivity index (χ2n) is 6.94. The van der Waals surface area contributed by atoms with Crippen molar-refractivity contribution in [1.29, 1.82) is 0 Å². The summed E-state index contributed by atoms with van der Waals surface area (Å²) in [7, 11) is 0. The Balaban J connectivity index is 1.44. The summed E-state index contributed by atoms with van der Waals surface area (Å²) in [6.45, 7) is 0. The van der Waals surface area contributed by atoms with Crippen LogP contribution in [-0.2, 0) is 9.59 Å². The minimum absolute atomic E-state index is 0.113. The number of halogens is 1. The maximum absolute atomic E-state index is 12.7. The molecule has 6 atom stereocenters. The van der Waals surface area contributed by atoms with Crippen LogP contribution in [0.2, 0.25) is 0 Å². The van der Waals surface area contributed by atoms with Gasteiger partial charge in [-0.2, -0.15) is 10.1 Å². The summed E-state index contributed by atoms with van der Waals surface area (Å²) in [5, 5.41) is 5.33. The van der Waals surface area contributed by atoms with E-state index in [-0.39, 0.29) is 35.5 Å². The summed E-state index contributed by atoms with van der Waals surface area (Å²) in [5.41, 5.74) is 0.868. The van der Waals surface area contributed by atoms with Crippen molar-refractivity contribution >= 4 is 34.0 Å².